The number of amides is 1. The first-order valence-corrected chi connectivity index (χ1v) is 9.25. The Bertz CT molecular complexity index is 1160. The predicted molar refractivity (Wildman–Crippen MR) is 111 cm³/mol. The summed E-state index contributed by atoms with van der Waals surface area (Å²) in [5.74, 6) is 0.311. The molecule has 0 aliphatic heterocycles. The van der Waals surface area contributed by atoms with Gasteiger partial charge in [0, 0.05) is 36.9 Å². The highest BCUT2D eigenvalue weighted by Crippen LogP contribution is 2.39. The van der Waals surface area contributed by atoms with Crippen LogP contribution in [0.5, 0.6) is 17.2 Å². The molecule has 0 bridgehead atoms. The van der Waals surface area contributed by atoms with Gasteiger partial charge in [-0.2, -0.15) is 0 Å². The number of methoxy groups -OCH3 is 3. The number of carbonyl (C=O) groups excluding carboxylic acids is 1. The molecule has 1 N–H and O–H groups in total. The second-order valence-electron chi connectivity index (χ2n) is 6.49. The van der Waals surface area contributed by atoms with Crippen LogP contribution in [-0.2, 0) is 11.3 Å². The topological polar surface area (TPSA) is 135 Å². The lowest BCUT2D eigenvalue weighted by atomic mass is 10.2. The van der Waals surface area contributed by atoms with Gasteiger partial charge in [-0.3, -0.25) is 19.5 Å². The first kappa shape index (κ1) is 21.7. The number of rotatable bonds is 9. The SMILES string of the molecule is COc1cc(NC(=O)CCCn2c(=O)oc3cc([N+](=O)[O-])ccc32)cc(OC)c1OC. The fraction of sp³-hybridized carbons (Fsp3) is 0.300. The average Bonchev–Trinajstić information content (AvgIpc) is 3.07. The number of nitrogens with zero attached hydrogens (tertiary/aromatic N) is 2. The van der Waals surface area contributed by atoms with E-state index in [0.717, 1.165) is 0 Å². The minimum Gasteiger partial charge on any atom is -0.493 e. The van der Waals surface area contributed by atoms with E-state index in [2.05, 4.69) is 5.32 Å². The van der Waals surface area contributed by atoms with Gasteiger partial charge in [-0.1, -0.05) is 0 Å². The maximum Gasteiger partial charge on any atom is 0.419 e. The van der Waals surface area contributed by atoms with Gasteiger partial charge in [0.1, 0.15) is 0 Å². The third-order valence-corrected chi connectivity index (χ3v) is 4.60. The Morgan fingerprint density at radius 2 is 1.81 bits per heavy atom. The van der Waals surface area contributed by atoms with Crippen molar-refractivity contribution in [1.82, 2.24) is 4.57 Å². The van der Waals surface area contributed by atoms with E-state index in [1.165, 1.54) is 44.1 Å². The standard InChI is InChI=1S/C20H21N3O8/c1-28-16-9-12(10-17(29-2)19(16)30-3)21-18(24)5-4-8-22-14-7-6-13(23(26)27)11-15(14)31-20(22)25/h6-7,9-11H,4-5,8H2,1-3H3,(H,21,24). The fourth-order valence-corrected chi connectivity index (χ4v) is 3.15. The van der Waals surface area contributed by atoms with Crippen molar-refractivity contribution in [3.63, 3.8) is 0 Å². The average molecular weight is 431 g/mol. The normalized spacial score (nSPS) is 10.7. The maximum absolute atomic E-state index is 12.4. The van der Waals surface area contributed by atoms with Crippen molar-refractivity contribution in [2.45, 2.75) is 19.4 Å². The Kier molecular flexibility index (Phi) is 6.43. The van der Waals surface area contributed by atoms with Crippen LogP contribution in [0.15, 0.2) is 39.5 Å². The van der Waals surface area contributed by atoms with Crippen molar-refractivity contribution in [3.05, 3.63) is 51.0 Å². The van der Waals surface area contributed by atoms with Crippen LogP contribution in [0.1, 0.15) is 12.8 Å². The molecule has 0 spiro atoms. The molecule has 0 atom stereocenters. The zero-order valence-electron chi connectivity index (χ0n) is 17.2. The lowest BCUT2D eigenvalue weighted by Crippen LogP contribution is -2.17. The van der Waals surface area contributed by atoms with Crippen molar-refractivity contribution < 1.29 is 28.3 Å². The summed E-state index contributed by atoms with van der Waals surface area (Å²) in [4.78, 5) is 34.7. The van der Waals surface area contributed by atoms with Gasteiger partial charge in [-0.05, 0) is 12.5 Å². The van der Waals surface area contributed by atoms with Crippen molar-refractivity contribution in [1.29, 1.82) is 0 Å². The molecule has 0 unspecified atom stereocenters. The van der Waals surface area contributed by atoms with Crippen LogP contribution in [0.2, 0.25) is 0 Å². The van der Waals surface area contributed by atoms with Crippen LogP contribution in [0.3, 0.4) is 0 Å². The number of oxazole rings is 1. The first-order valence-electron chi connectivity index (χ1n) is 9.25. The van der Waals surface area contributed by atoms with Crippen molar-refractivity contribution in [3.8, 4) is 17.2 Å². The number of anilines is 1. The van der Waals surface area contributed by atoms with Gasteiger partial charge in [-0.25, -0.2) is 4.79 Å². The summed E-state index contributed by atoms with van der Waals surface area (Å²) in [6.07, 6.45) is 0.477. The summed E-state index contributed by atoms with van der Waals surface area (Å²) < 4.78 is 22.2. The van der Waals surface area contributed by atoms with Crippen molar-refractivity contribution in [2.75, 3.05) is 26.6 Å². The number of hydrogen-bond acceptors (Lipinski definition) is 8. The molecule has 0 aliphatic rings. The van der Waals surface area contributed by atoms with Crippen LogP contribution < -0.4 is 25.3 Å². The third kappa shape index (κ3) is 4.60. The molecule has 1 aromatic heterocycles. The van der Waals surface area contributed by atoms with Gasteiger partial charge >= 0.3 is 5.76 Å². The van der Waals surface area contributed by atoms with Gasteiger partial charge in [0.2, 0.25) is 11.7 Å². The Morgan fingerprint density at radius 3 is 2.39 bits per heavy atom. The fourth-order valence-electron chi connectivity index (χ4n) is 3.15. The van der Waals surface area contributed by atoms with E-state index in [9.17, 15) is 19.7 Å². The molecule has 0 saturated carbocycles. The van der Waals surface area contributed by atoms with E-state index in [-0.39, 0.29) is 30.1 Å². The number of nitro benzene ring substituents is 1. The number of hydrogen-bond donors (Lipinski definition) is 1. The Morgan fingerprint density at radius 1 is 1.13 bits per heavy atom. The zero-order valence-corrected chi connectivity index (χ0v) is 17.2. The van der Waals surface area contributed by atoms with Crippen LogP contribution in [-0.4, -0.2) is 36.7 Å². The molecule has 3 aromatic rings. The molecular formula is C20H21N3O8. The smallest absolute Gasteiger partial charge is 0.419 e. The van der Waals surface area contributed by atoms with Gasteiger partial charge < -0.3 is 23.9 Å². The predicted octanol–water partition coefficient (Wildman–Crippen LogP) is 2.95. The zero-order chi connectivity index (χ0) is 22.5. The molecule has 0 fully saturated rings. The largest absolute Gasteiger partial charge is 0.493 e. The third-order valence-electron chi connectivity index (χ3n) is 4.60. The Balaban J connectivity index is 1.66. The molecule has 11 nitrogen and oxygen atoms in total. The van der Waals surface area contributed by atoms with Gasteiger partial charge in [0.15, 0.2) is 17.1 Å². The summed E-state index contributed by atoms with van der Waals surface area (Å²) in [5.41, 5.74) is 0.859. The minimum atomic E-state index is -0.638. The summed E-state index contributed by atoms with van der Waals surface area (Å²) in [6.45, 7) is 0.215. The lowest BCUT2D eigenvalue weighted by Gasteiger charge is -2.14. The Hall–Kier alpha value is -4.02. The van der Waals surface area contributed by atoms with Gasteiger partial charge in [0.25, 0.3) is 5.69 Å². The number of aryl methyl sites for hydroxylation is 1. The molecule has 1 heterocycles. The quantitative estimate of drug-likeness (QED) is 0.404. The number of non-ortho nitro benzene ring substituents is 1. The van der Waals surface area contributed by atoms with Gasteiger partial charge in [0.05, 0.1) is 37.8 Å². The lowest BCUT2D eigenvalue weighted by molar-refractivity contribution is -0.384. The van der Waals surface area contributed by atoms with E-state index < -0.39 is 10.7 Å². The molecule has 0 aliphatic carbocycles. The van der Waals surface area contributed by atoms with Crippen molar-refractivity contribution >= 4 is 28.4 Å². The van der Waals surface area contributed by atoms with E-state index in [4.69, 9.17) is 18.6 Å². The molecule has 0 radical (unpaired) electrons. The van der Waals surface area contributed by atoms with E-state index in [0.29, 0.717) is 34.9 Å². The number of nitro groups is 1. The number of carbonyl (C=O) groups is 1. The van der Waals surface area contributed by atoms with Gasteiger partial charge in [-0.15, -0.1) is 0 Å². The summed E-state index contributed by atoms with van der Waals surface area (Å²) >= 11 is 0. The van der Waals surface area contributed by atoms with Crippen LogP contribution in [0.25, 0.3) is 11.1 Å². The number of nitrogens with one attached hydrogen (secondary N) is 1. The summed E-state index contributed by atoms with van der Waals surface area (Å²) in [7, 11) is 4.44. The van der Waals surface area contributed by atoms with Crippen LogP contribution in [0.4, 0.5) is 11.4 Å². The molecule has 31 heavy (non-hydrogen) atoms. The number of aromatic nitrogens is 1. The second kappa shape index (κ2) is 9.20. The first-order chi connectivity index (χ1) is 14.9. The second-order valence-corrected chi connectivity index (χ2v) is 6.49. The molecule has 164 valence electrons. The minimum absolute atomic E-state index is 0.126. The molecule has 3 rings (SSSR count). The van der Waals surface area contributed by atoms with E-state index in [1.54, 1.807) is 12.1 Å². The summed E-state index contributed by atoms with van der Waals surface area (Å²) in [6, 6.07) is 7.17. The van der Waals surface area contributed by atoms with E-state index in [1.807, 2.05) is 0 Å². The van der Waals surface area contributed by atoms with Crippen LogP contribution >= 0.6 is 0 Å². The van der Waals surface area contributed by atoms with E-state index >= 15 is 0 Å². The molecule has 11 heteroatoms. The highest BCUT2D eigenvalue weighted by molar-refractivity contribution is 5.91. The highest BCUT2D eigenvalue weighted by Gasteiger charge is 2.16. The number of fused-ring (bicyclic) bond motifs is 1. The van der Waals surface area contributed by atoms with Crippen LogP contribution in [0, 0.1) is 10.1 Å². The molecule has 0 saturated heterocycles. The Labute approximate surface area is 176 Å². The molecule has 1 amide bonds. The number of benzene rings is 2. The number of ether oxygens (including phenoxy) is 3. The summed E-state index contributed by atoms with van der Waals surface area (Å²) in [5, 5.41) is 13.6. The highest BCUT2D eigenvalue weighted by atomic mass is 16.6. The van der Waals surface area contributed by atoms with Crippen molar-refractivity contribution in [2.24, 2.45) is 0 Å². The molecule has 2 aromatic carbocycles. The maximum atomic E-state index is 12.4. The monoisotopic (exact) mass is 431 g/mol. The molecular weight excluding hydrogens is 410 g/mol.